The third-order valence-electron chi connectivity index (χ3n) is 2.84. The summed E-state index contributed by atoms with van der Waals surface area (Å²) in [5.74, 6) is -0.333. The van der Waals surface area contributed by atoms with Gasteiger partial charge in [0.25, 0.3) is 5.91 Å². The molecule has 1 heterocycles. The highest BCUT2D eigenvalue weighted by Gasteiger charge is 2.45. The fourth-order valence-electron chi connectivity index (χ4n) is 2.11. The van der Waals surface area contributed by atoms with E-state index in [0.717, 1.165) is 0 Å². The van der Waals surface area contributed by atoms with Crippen LogP contribution in [0.15, 0.2) is 0 Å². The minimum atomic E-state index is -1.29. The number of carbonyl (C=O) groups is 1. The fourth-order valence-corrected chi connectivity index (χ4v) is 2.11. The van der Waals surface area contributed by atoms with Crippen molar-refractivity contribution in [3.63, 3.8) is 0 Å². The monoisotopic (exact) mass is 201 g/mol. The lowest BCUT2D eigenvalue weighted by Crippen LogP contribution is -2.45. The van der Waals surface area contributed by atoms with Gasteiger partial charge in [0.15, 0.2) is 6.17 Å². The van der Waals surface area contributed by atoms with Gasteiger partial charge < -0.3 is 4.90 Å². The van der Waals surface area contributed by atoms with Crippen molar-refractivity contribution in [1.29, 1.82) is 0 Å². The van der Waals surface area contributed by atoms with Crippen molar-refractivity contribution in [3.8, 4) is 0 Å². The Morgan fingerprint density at radius 3 is 2.21 bits per heavy atom. The van der Waals surface area contributed by atoms with Crippen molar-refractivity contribution in [2.75, 3.05) is 0 Å². The molecule has 0 aromatic carbocycles. The van der Waals surface area contributed by atoms with Crippen molar-refractivity contribution in [1.82, 2.24) is 4.90 Å². The largest absolute Gasteiger partial charge is 0.334 e. The van der Waals surface area contributed by atoms with E-state index < -0.39 is 6.17 Å². The first-order valence-corrected chi connectivity index (χ1v) is 5.21. The van der Waals surface area contributed by atoms with Crippen LogP contribution in [0.1, 0.15) is 41.0 Å². The second kappa shape index (κ2) is 3.52. The molecule has 1 saturated heterocycles. The van der Waals surface area contributed by atoms with Crippen molar-refractivity contribution in [2.24, 2.45) is 5.41 Å². The van der Waals surface area contributed by atoms with Gasteiger partial charge in [-0.05, 0) is 19.3 Å². The number of hydrogen-bond donors (Lipinski definition) is 0. The Balaban J connectivity index is 2.92. The van der Waals surface area contributed by atoms with Gasteiger partial charge in [0.1, 0.15) is 0 Å². The highest BCUT2D eigenvalue weighted by molar-refractivity contribution is 5.83. The third kappa shape index (κ3) is 1.91. The molecule has 0 spiro atoms. The van der Waals surface area contributed by atoms with E-state index in [-0.39, 0.29) is 23.4 Å². The zero-order valence-corrected chi connectivity index (χ0v) is 9.67. The molecule has 0 aliphatic carbocycles. The maximum absolute atomic E-state index is 13.3. The lowest BCUT2D eigenvalue weighted by Gasteiger charge is -2.37. The van der Waals surface area contributed by atoms with Gasteiger partial charge in [-0.1, -0.05) is 20.8 Å². The number of halogens is 1. The molecule has 1 rings (SSSR count). The van der Waals surface area contributed by atoms with E-state index >= 15 is 0 Å². The summed E-state index contributed by atoms with van der Waals surface area (Å²) in [6, 6.07) is 0.123. The van der Waals surface area contributed by atoms with Crippen LogP contribution in [0.25, 0.3) is 0 Å². The Bertz CT molecular complexity index is 232. The Morgan fingerprint density at radius 2 is 1.93 bits per heavy atom. The molecule has 0 aromatic heterocycles. The molecule has 1 amide bonds. The maximum atomic E-state index is 13.3. The van der Waals surface area contributed by atoms with Gasteiger partial charge in [-0.2, -0.15) is 0 Å². The standard InChI is InChI=1S/C11H20FNO/c1-7(2)13-9(11(3,4)5)6-8(12)10(13)14/h7-9H,6H2,1-5H3. The minimum absolute atomic E-state index is 0.0324. The van der Waals surface area contributed by atoms with Gasteiger partial charge in [-0.15, -0.1) is 0 Å². The molecular formula is C11H20FNO. The molecule has 1 aliphatic heterocycles. The van der Waals surface area contributed by atoms with E-state index in [1.807, 2.05) is 13.8 Å². The van der Waals surface area contributed by atoms with Crippen LogP contribution in [0, 0.1) is 5.41 Å². The van der Waals surface area contributed by atoms with Crippen LogP contribution in [0.4, 0.5) is 4.39 Å². The summed E-state index contributed by atoms with van der Waals surface area (Å²) >= 11 is 0. The second-order valence-electron chi connectivity index (χ2n) is 5.42. The number of hydrogen-bond acceptors (Lipinski definition) is 1. The van der Waals surface area contributed by atoms with Crippen LogP contribution >= 0.6 is 0 Å². The van der Waals surface area contributed by atoms with Crippen molar-refractivity contribution >= 4 is 5.91 Å². The smallest absolute Gasteiger partial charge is 0.257 e. The predicted octanol–water partition coefficient (Wildman–Crippen LogP) is 2.38. The van der Waals surface area contributed by atoms with Crippen molar-refractivity contribution < 1.29 is 9.18 Å². The summed E-state index contributed by atoms with van der Waals surface area (Å²) in [5.41, 5.74) is -0.0409. The highest BCUT2D eigenvalue weighted by atomic mass is 19.1. The summed E-state index contributed by atoms with van der Waals surface area (Å²) in [5, 5.41) is 0. The van der Waals surface area contributed by atoms with Crippen molar-refractivity contribution in [3.05, 3.63) is 0 Å². The average Bonchev–Trinajstić information content (AvgIpc) is 2.27. The molecule has 2 unspecified atom stereocenters. The van der Waals surface area contributed by atoms with Gasteiger partial charge in [0, 0.05) is 18.5 Å². The first kappa shape index (κ1) is 11.5. The number of likely N-dealkylation sites (tertiary alicyclic amines) is 1. The number of nitrogens with zero attached hydrogens (tertiary/aromatic N) is 1. The Labute approximate surface area is 85.5 Å². The van der Waals surface area contributed by atoms with E-state index in [0.29, 0.717) is 6.42 Å². The predicted molar refractivity (Wildman–Crippen MR) is 54.7 cm³/mol. The SMILES string of the molecule is CC(C)N1C(=O)C(F)CC1C(C)(C)C. The van der Waals surface area contributed by atoms with E-state index in [9.17, 15) is 9.18 Å². The van der Waals surface area contributed by atoms with E-state index in [2.05, 4.69) is 20.8 Å². The quantitative estimate of drug-likeness (QED) is 0.638. The molecular weight excluding hydrogens is 181 g/mol. The number of carbonyl (C=O) groups excluding carboxylic acids is 1. The van der Waals surface area contributed by atoms with Crippen LogP contribution in [0.3, 0.4) is 0 Å². The van der Waals surface area contributed by atoms with Gasteiger partial charge in [-0.3, -0.25) is 4.79 Å². The molecule has 1 fully saturated rings. The maximum Gasteiger partial charge on any atom is 0.257 e. The van der Waals surface area contributed by atoms with Gasteiger partial charge >= 0.3 is 0 Å². The minimum Gasteiger partial charge on any atom is -0.334 e. The molecule has 14 heavy (non-hydrogen) atoms. The first-order chi connectivity index (χ1) is 6.25. The van der Waals surface area contributed by atoms with Crippen LogP contribution < -0.4 is 0 Å². The van der Waals surface area contributed by atoms with Crippen LogP contribution in [0.2, 0.25) is 0 Å². The van der Waals surface area contributed by atoms with Crippen LogP contribution in [-0.4, -0.2) is 29.1 Å². The zero-order valence-electron chi connectivity index (χ0n) is 9.67. The number of alkyl halides is 1. The molecule has 0 N–H and O–H groups in total. The van der Waals surface area contributed by atoms with Crippen LogP contribution in [-0.2, 0) is 4.79 Å². The third-order valence-corrected chi connectivity index (χ3v) is 2.84. The average molecular weight is 201 g/mol. The van der Waals surface area contributed by atoms with E-state index in [1.165, 1.54) is 0 Å². The van der Waals surface area contributed by atoms with E-state index in [1.54, 1.807) is 4.90 Å². The summed E-state index contributed by atoms with van der Waals surface area (Å²) in [6.07, 6.45) is -0.942. The molecule has 3 heteroatoms. The summed E-state index contributed by atoms with van der Waals surface area (Å²) in [7, 11) is 0. The lowest BCUT2D eigenvalue weighted by atomic mass is 9.84. The Hall–Kier alpha value is -0.600. The van der Waals surface area contributed by atoms with E-state index in [4.69, 9.17) is 0 Å². The van der Waals surface area contributed by atoms with Gasteiger partial charge in [0.05, 0.1) is 0 Å². The molecule has 1 aliphatic rings. The molecule has 0 radical (unpaired) electrons. The second-order valence-corrected chi connectivity index (χ2v) is 5.42. The lowest BCUT2D eigenvalue weighted by molar-refractivity contribution is -0.135. The van der Waals surface area contributed by atoms with Gasteiger partial charge in [-0.25, -0.2) is 4.39 Å². The van der Waals surface area contributed by atoms with Gasteiger partial charge in [0.2, 0.25) is 0 Å². The fraction of sp³-hybridized carbons (Fsp3) is 0.909. The summed E-state index contributed by atoms with van der Waals surface area (Å²) in [4.78, 5) is 13.3. The first-order valence-electron chi connectivity index (χ1n) is 5.21. The normalized spacial score (nSPS) is 29.1. The number of amides is 1. The Kier molecular flexibility index (Phi) is 2.88. The molecule has 2 nitrogen and oxygen atoms in total. The molecule has 2 atom stereocenters. The molecule has 82 valence electrons. The molecule has 0 aromatic rings. The van der Waals surface area contributed by atoms with Crippen LogP contribution in [0.5, 0.6) is 0 Å². The Morgan fingerprint density at radius 1 is 1.43 bits per heavy atom. The highest BCUT2D eigenvalue weighted by Crippen LogP contribution is 2.35. The summed E-state index contributed by atoms with van der Waals surface area (Å²) in [6.45, 7) is 10.0. The zero-order chi connectivity index (χ0) is 11.1. The molecule has 0 bridgehead atoms. The molecule has 0 saturated carbocycles. The van der Waals surface area contributed by atoms with Crippen molar-refractivity contribution in [2.45, 2.75) is 59.3 Å². The number of rotatable bonds is 1. The topological polar surface area (TPSA) is 20.3 Å². The summed E-state index contributed by atoms with van der Waals surface area (Å²) < 4.78 is 13.3.